The molecule has 0 spiro atoms. The Balaban J connectivity index is 3.08. The van der Waals surface area contributed by atoms with Crippen molar-refractivity contribution < 1.29 is 9.63 Å². The Morgan fingerprint density at radius 1 is 1.42 bits per heavy atom. The SMILES string of the molecule is CCONC(=O)CCCCCN. The van der Waals surface area contributed by atoms with Crippen molar-refractivity contribution >= 4 is 5.91 Å². The first-order valence-corrected chi connectivity index (χ1v) is 4.42. The van der Waals surface area contributed by atoms with Gasteiger partial charge in [0, 0.05) is 6.42 Å². The molecule has 12 heavy (non-hydrogen) atoms. The predicted molar refractivity (Wildman–Crippen MR) is 47.3 cm³/mol. The third-order valence-corrected chi connectivity index (χ3v) is 1.44. The van der Waals surface area contributed by atoms with Crippen molar-refractivity contribution in [3.8, 4) is 0 Å². The predicted octanol–water partition coefficient (Wildman–Crippen LogP) is 0.573. The normalized spacial score (nSPS) is 9.83. The van der Waals surface area contributed by atoms with Crippen LogP contribution in [-0.2, 0) is 9.63 Å². The zero-order chi connectivity index (χ0) is 9.23. The van der Waals surface area contributed by atoms with Crippen LogP contribution < -0.4 is 11.2 Å². The number of nitrogens with one attached hydrogen (secondary N) is 1. The fraction of sp³-hybridized carbons (Fsp3) is 0.875. The van der Waals surface area contributed by atoms with Crippen LogP contribution in [-0.4, -0.2) is 19.1 Å². The molecule has 0 aliphatic heterocycles. The van der Waals surface area contributed by atoms with Crippen molar-refractivity contribution in [2.45, 2.75) is 32.6 Å². The third kappa shape index (κ3) is 7.50. The second-order valence-corrected chi connectivity index (χ2v) is 2.56. The largest absolute Gasteiger partial charge is 0.330 e. The molecule has 0 unspecified atom stereocenters. The quantitative estimate of drug-likeness (QED) is 0.438. The molecule has 0 aliphatic carbocycles. The summed E-state index contributed by atoms with van der Waals surface area (Å²) in [5.74, 6) is -0.0473. The first kappa shape index (κ1) is 11.4. The van der Waals surface area contributed by atoms with Gasteiger partial charge in [-0.05, 0) is 26.3 Å². The van der Waals surface area contributed by atoms with Crippen molar-refractivity contribution in [3.63, 3.8) is 0 Å². The zero-order valence-corrected chi connectivity index (χ0v) is 7.64. The molecule has 0 fully saturated rings. The van der Waals surface area contributed by atoms with E-state index in [2.05, 4.69) is 5.48 Å². The minimum atomic E-state index is -0.0473. The Bertz CT molecular complexity index is 118. The summed E-state index contributed by atoms with van der Waals surface area (Å²) in [5, 5.41) is 0. The van der Waals surface area contributed by atoms with E-state index in [1.807, 2.05) is 6.92 Å². The van der Waals surface area contributed by atoms with Crippen LogP contribution in [0.4, 0.5) is 0 Å². The lowest BCUT2D eigenvalue weighted by Crippen LogP contribution is -2.23. The first-order chi connectivity index (χ1) is 5.81. The number of hydrogen-bond donors (Lipinski definition) is 2. The minimum absolute atomic E-state index is 0.0473. The molecule has 0 radical (unpaired) electrons. The lowest BCUT2D eigenvalue weighted by atomic mass is 10.2. The molecule has 0 rings (SSSR count). The highest BCUT2D eigenvalue weighted by Gasteiger charge is 1.98. The lowest BCUT2D eigenvalue weighted by Gasteiger charge is -2.02. The standard InChI is InChI=1S/C8H18N2O2/c1-2-12-10-8(11)6-4-3-5-7-9/h2-7,9H2,1H3,(H,10,11). The van der Waals surface area contributed by atoms with Crippen LogP contribution >= 0.6 is 0 Å². The van der Waals surface area contributed by atoms with Gasteiger partial charge in [0.05, 0.1) is 6.61 Å². The van der Waals surface area contributed by atoms with Crippen molar-refractivity contribution in [2.75, 3.05) is 13.2 Å². The molecule has 72 valence electrons. The highest BCUT2D eigenvalue weighted by atomic mass is 16.6. The molecule has 1 amide bonds. The number of amides is 1. The molecule has 3 N–H and O–H groups in total. The molecule has 0 saturated heterocycles. The number of carbonyl (C=O) groups is 1. The number of hydroxylamine groups is 1. The summed E-state index contributed by atoms with van der Waals surface area (Å²) in [5.41, 5.74) is 7.64. The fourth-order valence-electron chi connectivity index (χ4n) is 0.810. The van der Waals surface area contributed by atoms with Crippen molar-refractivity contribution in [2.24, 2.45) is 5.73 Å². The van der Waals surface area contributed by atoms with Crippen LogP contribution in [0.3, 0.4) is 0 Å². The maximum atomic E-state index is 10.9. The Kier molecular flexibility index (Phi) is 8.05. The summed E-state index contributed by atoms with van der Waals surface area (Å²) >= 11 is 0. The second-order valence-electron chi connectivity index (χ2n) is 2.56. The van der Waals surface area contributed by atoms with Gasteiger partial charge >= 0.3 is 0 Å². The lowest BCUT2D eigenvalue weighted by molar-refractivity contribution is -0.133. The van der Waals surface area contributed by atoms with E-state index in [0.717, 1.165) is 19.3 Å². The van der Waals surface area contributed by atoms with Crippen molar-refractivity contribution in [1.29, 1.82) is 0 Å². The van der Waals surface area contributed by atoms with E-state index in [4.69, 9.17) is 10.6 Å². The van der Waals surface area contributed by atoms with Crippen LogP contribution in [0.15, 0.2) is 0 Å². The zero-order valence-electron chi connectivity index (χ0n) is 7.64. The summed E-state index contributed by atoms with van der Waals surface area (Å²) < 4.78 is 0. The molecule has 0 aromatic carbocycles. The van der Waals surface area contributed by atoms with E-state index in [9.17, 15) is 4.79 Å². The van der Waals surface area contributed by atoms with Gasteiger partial charge in [0.25, 0.3) is 0 Å². The van der Waals surface area contributed by atoms with E-state index in [-0.39, 0.29) is 5.91 Å². The van der Waals surface area contributed by atoms with Crippen molar-refractivity contribution in [3.05, 3.63) is 0 Å². The van der Waals surface area contributed by atoms with Gasteiger partial charge in [-0.15, -0.1) is 0 Å². The van der Waals surface area contributed by atoms with Gasteiger partial charge in [-0.2, -0.15) is 0 Å². The van der Waals surface area contributed by atoms with Crippen LogP contribution in [0.25, 0.3) is 0 Å². The topological polar surface area (TPSA) is 64.3 Å². The van der Waals surface area contributed by atoms with Crippen molar-refractivity contribution in [1.82, 2.24) is 5.48 Å². The van der Waals surface area contributed by atoms with Gasteiger partial charge in [-0.25, -0.2) is 5.48 Å². The van der Waals surface area contributed by atoms with Crippen LogP contribution in [0.2, 0.25) is 0 Å². The smallest absolute Gasteiger partial charge is 0.243 e. The average molecular weight is 174 g/mol. The molecule has 0 aromatic rings. The molecular weight excluding hydrogens is 156 g/mol. The van der Waals surface area contributed by atoms with E-state index in [0.29, 0.717) is 19.6 Å². The molecular formula is C8H18N2O2. The molecule has 0 aromatic heterocycles. The summed E-state index contributed by atoms with van der Waals surface area (Å²) in [7, 11) is 0. The van der Waals surface area contributed by atoms with Gasteiger partial charge in [0.2, 0.25) is 5.91 Å². The van der Waals surface area contributed by atoms with Gasteiger partial charge in [-0.1, -0.05) is 6.42 Å². The van der Waals surface area contributed by atoms with Crippen LogP contribution in [0, 0.1) is 0 Å². The molecule has 0 saturated carbocycles. The van der Waals surface area contributed by atoms with Gasteiger partial charge < -0.3 is 5.73 Å². The van der Waals surface area contributed by atoms with E-state index in [1.54, 1.807) is 0 Å². The number of unbranched alkanes of at least 4 members (excludes halogenated alkanes) is 2. The monoisotopic (exact) mass is 174 g/mol. The molecule has 0 bridgehead atoms. The van der Waals surface area contributed by atoms with Crippen LogP contribution in [0.5, 0.6) is 0 Å². The molecule has 0 heterocycles. The van der Waals surface area contributed by atoms with Gasteiger partial charge in [0.1, 0.15) is 0 Å². The number of hydrogen-bond acceptors (Lipinski definition) is 3. The maximum absolute atomic E-state index is 10.9. The molecule has 4 nitrogen and oxygen atoms in total. The minimum Gasteiger partial charge on any atom is -0.330 e. The van der Waals surface area contributed by atoms with Crippen LogP contribution in [0.1, 0.15) is 32.6 Å². The Morgan fingerprint density at radius 2 is 2.17 bits per heavy atom. The fourth-order valence-corrected chi connectivity index (χ4v) is 0.810. The van der Waals surface area contributed by atoms with E-state index in [1.165, 1.54) is 0 Å². The molecule has 4 heteroatoms. The summed E-state index contributed by atoms with van der Waals surface area (Å²) in [4.78, 5) is 15.6. The van der Waals surface area contributed by atoms with Gasteiger partial charge in [-0.3, -0.25) is 9.63 Å². The summed E-state index contributed by atoms with van der Waals surface area (Å²) in [6, 6.07) is 0. The first-order valence-electron chi connectivity index (χ1n) is 4.42. The third-order valence-electron chi connectivity index (χ3n) is 1.44. The molecule has 0 aliphatic rings. The summed E-state index contributed by atoms with van der Waals surface area (Å²) in [6.07, 6.45) is 3.41. The van der Waals surface area contributed by atoms with Gasteiger partial charge in [0.15, 0.2) is 0 Å². The number of carbonyl (C=O) groups excluding carboxylic acids is 1. The highest BCUT2D eigenvalue weighted by molar-refractivity contribution is 5.74. The van der Waals surface area contributed by atoms with E-state index >= 15 is 0 Å². The average Bonchev–Trinajstić information content (AvgIpc) is 2.09. The summed E-state index contributed by atoms with van der Waals surface area (Å²) in [6.45, 7) is 3.04. The number of rotatable bonds is 7. The highest BCUT2D eigenvalue weighted by Crippen LogP contribution is 1.97. The maximum Gasteiger partial charge on any atom is 0.243 e. The Hall–Kier alpha value is -0.610. The Labute approximate surface area is 73.4 Å². The number of nitrogens with two attached hydrogens (primary N) is 1. The molecule has 0 atom stereocenters. The second kappa shape index (κ2) is 8.49. The van der Waals surface area contributed by atoms with E-state index < -0.39 is 0 Å². The Morgan fingerprint density at radius 3 is 2.75 bits per heavy atom.